The Morgan fingerprint density at radius 3 is 1.96 bits per heavy atom. The Bertz CT molecular complexity index is 828. The predicted molar refractivity (Wildman–Crippen MR) is 114 cm³/mol. The third-order valence-electron chi connectivity index (χ3n) is 4.78. The maximum absolute atomic E-state index is 12.1. The molecule has 2 aromatic carbocycles. The number of hydrogen-bond acceptors (Lipinski definition) is 3. The number of benzene rings is 2. The van der Waals surface area contributed by atoms with Crippen LogP contribution in [0.4, 0.5) is 0 Å². The van der Waals surface area contributed by atoms with Crippen LogP contribution in [0.2, 0.25) is 5.02 Å². The van der Waals surface area contributed by atoms with Crippen LogP contribution in [0.3, 0.4) is 0 Å². The summed E-state index contributed by atoms with van der Waals surface area (Å²) >= 11 is 6.20. The number of aromatic hydroxyl groups is 1. The van der Waals surface area contributed by atoms with Crippen molar-refractivity contribution >= 4 is 17.6 Å². The highest BCUT2D eigenvalue weighted by Gasteiger charge is 2.30. The van der Waals surface area contributed by atoms with Crippen molar-refractivity contribution in [3.8, 4) is 5.75 Å². The Morgan fingerprint density at radius 1 is 1.04 bits per heavy atom. The third-order valence-corrected chi connectivity index (χ3v) is 5.15. The zero-order valence-electron chi connectivity index (χ0n) is 17.4. The number of aliphatic carboxylic acids is 1. The molecule has 0 aliphatic carbocycles. The van der Waals surface area contributed by atoms with Gasteiger partial charge in [-0.05, 0) is 51.3 Å². The van der Waals surface area contributed by atoms with Crippen molar-refractivity contribution in [1.29, 1.82) is 0 Å². The molecule has 152 valence electrons. The van der Waals surface area contributed by atoms with Crippen molar-refractivity contribution in [3.63, 3.8) is 0 Å². The Kier molecular flexibility index (Phi) is 6.47. The number of carbonyl (C=O) groups is 1. The van der Waals surface area contributed by atoms with Crippen LogP contribution in [0.25, 0.3) is 0 Å². The van der Waals surface area contributed by atoms with Gasteiger partial charge in [-0.2, -0.15) is 0 Å². The van der Waals surface area contributed by atoms with Crippen molar-refractivity contribution in [3.05, 3.63) is 63.7 Å². The topological polar surface area (TPSA) is 69.6 Å². The average molecular weight is 404 g/mol. The van der Waals surface area contributed by atoms with Gasteiger partial charge in [0, 0.05) is 11.6 Å². The van der Waals surface area contributed by atoms with Crippen LogP contribution in [0, 0.1) is 0 Å². The Morgan fingerprint density at radius 2 is 1.54 bits per heavy atom. The van der Waals surface area contributed by atoms with E-state index >= 15 is 0 Å². The fourth-order valence-corrected chi connectivity index (χ4v) is 3.37. The Labute approximate surface area is 172 Å². The second-order valence-electron chi connectivity index (χ2n) is 9.21. The quantitative estimate of drug-likeness (QED) is 0.611. The van der Waals surface area contributed by atoms with Gasteiger partial charge in [-0.25, -0.2) is 0 Å². The molecule has 0 radical (unpaired) electrons. The van der Waals surface area contributed by atoms with Crippen LogP contribution in [0.15, 0.2) is 36.4 Å². The van der Waals surface area contributed by atoms with Gasteiger partial charge >= 0.3 is 5.97 Å². The molecule has 5 heteroatoms. The molecule has 0 spiro atoms. The molecule has 0 saturated carbocycles. The molecular formula is C23H30ClNO3. The number of carboxylic acids is 1. The lowest BCUT2D eigenvalue weighted by Gasteiger charge is -2.29. The van der Waals surface area contributed by atoms with E-state index in [4.69, 9.17) is 11.6 Å². The molecule has 0 aliphatic heterocycles. The first kappa shape index (κ1) is 22.3. The summed E-state index contributed by atoms with van der Waals surface area (Å²) in [5.41, 5.74) is 2.27. The van der Waals surface area contributed by atoms with E-state index in [9.17, 15) is 15.0 Å². The van der Waals surface area contributed by atoms with E-state index in [0.29, 0.717) is 17.1 Å². The summed E-state index contributed by atoms with van der Waals surface area (Å²) in [6.45, 7) is 12.4. The lowest BCUT2D eigenvalue weighted by molar-refractivity contribution is -0.139. The van der Waals surface area contributed by atoms with Crippen molar-refractivity contribution in [2.75, 3.05) is 0 Å². The molecular weight excluding hydrogens is 374 g/mol. The fourth-order valence-electron chi connectivity index (χ4n) is 3.17. The van der Waals surface area contributed by atoms with Gasteiger partial charge in [0.15, 0.2) is 0 Å². The van der Waals surface area contributed by atoms with Crippen molar-refractivity contribution in [2.45, 2.75) is 65.0 Å². The van der Waals surface area contributed by atoms with E-state index in [2.05, 4.69) is 5.32 Å². The van der Waals surface area contributed by atoms with Crippen LogP contribution in [0.1, 0.15) is 69.8 Å². The monoisotopic (exact) mass is 403 g/mol. The van der Waals surface area contributed by atoms with Gasteiger partial charge in [-0.1, -0.05) is 71.3 Å². The first-order chi connectivity index (χ1) is 12.8. The summed E-state index contributed by atoms with van der Waals surface area (Å²) in [5, 5.41) is 24.4. The number of hydrogen-bond donors (Lipinski definition) is 3. The van der Waals surface area contributed by atoms with Crippen LogP contribution in [-0.4, -0.2) is 16.2 Å². The maximum atomic E-state index is 12.1. The van der Waals surface area contributed by atoms with Gasteiger partial charge in [0.05, 0.1) is 0 Å². The minimum atomic E-state index is -0.975. The first-order valence-corrected chi connectivity index (χ1v) is 9.77. The zero-order chi connectivity index (χ0) is 21.3. The zero-order valence-corrected chi connectivity index (χ0v) is 18.2. The number of rotatable bonds is 5. The maximum Gasteiger partial charge on any atom is 0.325 e. The summed E-state index contributed by atoms with van der Waals surface area (Å²) in [5.74, 6) is -0.739. The average Bonchev–Trinajstić information content (AvgIpc) is 2.55. The largest absolute Gasteiger partial charge is 0.507 e. The summed E-state index contributed by atoms with van der Waals surface area (Å²) in [6, 6.07) is 10.0. The molecule has 0 aromatic heterocycles. The standard InChI is InChI=1S/C23H30ClNO3/c1-22(2,3)16-11-15(12-17(20(16)26)23(4,5)6)19(21(27)28)25-13-14-9-7-8-10-18(14)24/h7-12,19,25-26H,13H2,1-6H3,(H,27,28). The number of phenolic OH excluding ortho intramolecular Hbond substituents is 1. The summed E-state index contributed by atoms with van der Waals surface area (Å²) < 4.78 is 0. The van der Waals surface area contributed by atoms with Crippen LogP contribution < -0.4 is 5.32 Å². The van der Waals surface area contributed by atoms with Crippen LogP contribution >= 0.6 is 11.6 Å². The van der Waals surface area contributed by atoms with E-state index < -0.39 is 12.0 Å². The molecule has 0 heterocycles. The minimum Gasteiger partial charge on any atom is -0.507 e. The molecule has 0 amide bonds. The summed E-state index contributed by atoms with van der Waals surface area (Å²) in [7, 11) is 0. The van der Waals surface area contributed by atoms with Crippen LogP contribution in [0.5, 0.6) is 5.75 Å². The second-order valence-corrected chi connectivity index (χ2v) is 9.62. The van der Waals surface area contributed by atoms with Gasteiger partial charge in [-0.15, -0.1) is 0 Å². The molecule has 3 N–H and O–H groups in total. The molecule has 0 bridgehead atoms. The van der Waals surface area contributed by atoms with Crippen LogP contribution in [-0.2, 0) is 22.2 Å². The predicted octanol–water partition coefficient (Wildman–Crippen LogP) is 5.56. The molecule has 0 fully saturated rings. The van der Waals surface area contributed by atoms with E-state index in [-0.39, 0.29) is 16.6 Å². The molecule has 0 aliphatic rings. The first-order valence-electron chi connectivity index (χ1n) is 9.40. The number of halogens is 1. The number of phenols is 1. The fraction of sp³-hybridized carbons (Fsp3) is 0.435. The lowest BCUT2D eigenvalue weighted by Crippen LogP contribution is -2.29. The highest BCUT2D eigenvalue weighted by molar-refractivity contribution is 6.31. The number of carboxylic acid groups (broad SMARTS) is 1. The highest BCUT2D eigenvalue weighted by Crippen LogP contribution is 2.41. The summed E-state index contributed by atoms with van der Waals surface area (Å²) in [6.07, 6.45) is 0. The minimum absolute atomic E-state index is 0.235. The van der Waals surface area contributed by atoms with Gasteiger partial charge in [0.25, 0.3) is 0 Å². The second kappa shape index (κ2) is 8.14. The normalized spacial score (nSPS) is 13.4. The Hall–Kier alpha value is -2.04. The van der Waals surface area contributed by atoms with Gasteiger partial charge in [0.2, 0.25) is 0 Å². The summed E-state index contributed by atoms with van der Waals surface area (Å²) in [4.78, 5) is 12.1. The number of nitrogens with one attached hydrogen (secondary N) is 1. The molecule has 4 nitrogen and oxygen atoms in total. The highest BCUT2D eigenvalue weighted by atomic mass is 35.5. The van der Waals surface area contributed by atoms with E-state index in [0.717, 1.165) is 16.7 Å². The third kappa shape index (κ3) is 5.06. The molecule has 0 saturated heterocycles. The molecule has 1 unspecified atom stereocenters. The van der Waals surface area contributed by atoms with E-state index in [1.165, 1.54) is 0 Å². The van der Waals surface area contributed by atoms with Crippen molar-refractivity contribution in [2.24, 2.45) is 0 Å². The lowest BCUT2D eigenvalue weighted by atomic mass is 9.77. The van der Waals surface area contributed by atoms with E-state index in [1.54, 1.807) is 18.2 Å². The van der Waals surface area contributed by atoms with Gasteiger partial charge in [-0.3, -0.25) is 10.1 Å². The molecule has 2 rings (SSSR count). The molecule has 28 heavy (non-hydrogen) atoms. The van der Waals surface area contributed by atoms with Gasteiger partial charge < -0.3 is 10.2 Å². The smallest absolute Gasteiger partial charge is 0.325 e. The van der Waals surface area contributed by atoms with Crippen molar-refractivity contribution in [1.82, 2.24) is 5.32 Å². The van der Waals surface area contributed by atoms with Crippen molar-refractivity contribution < 1.29 is 15.0 Å². The van der Waals surface area contributed by atoms with Gasteiger partial charge in [0.1, 0.15) is 11.8 Å². The molecule has 1 atom stereocenters. The SMILES string of the molecule is CC(C)(C)c1cc(C(NCc2ccccc2Cl)C(=O)O)cc(C(C)(C)C)c1O. The molecule has 2 aromatic rings. The Balaban J connectivity index is 2.51. The van der Waals surface area contributed by atoms with E-state index in [1.807, 2.05) is 59.7 Å².